The van der Waals surface area contributed by atoms with E-state index < -0.39 is 0 Å². The molecule has 5 nitrogen and oxygen atoms in total. The van der Waals surface area contributed by atoms with Gasteiger partial charge in [-0.2, -0.15) is 5.10 Å². The molecule has 122 valence electrons. The summed E-state index contributed by atoms with van der Waals surface area (Å²) in [7, 11) is 1.53. The largest absolute Gasteiger partial charge is 0.344 e. The Morgan fingerprint density at radius 3 is 2.58 bits per heavy atom. The van der Waals surface area contributed by atoms with Crippen LogP contribution in [0.5, 0.6) is 0 Å². The molecule has 1 aromatic heterocycles. The number of hydrogen-bond acceptors (Lipinski definition) is 3. The first kappa shape index (κ1) is 16.2. The zero-order chi connectivity index (χ0) is 17.3. The third-order valence-corrected chi connectivity index (χ3v) is 4.10. The van der Waals surface area contributed by atoms with Gasteiger partial charge < -0.3 is 5.32 Å². The van der Waals surface area contributed by atoms with Crippen molar-refractivity contribution >= 4 is 28.3 Å². The molecule has 1 N–H and O–H groups in total. The van der Waals surface area contributed by atoms with Gasteiger partial charge in [0.2, 0.25) is 0 Å². The molecule has 0 saturated carbocycles. The zero-order valence-electron chi connectivity index (χ0n) is 13.3. The summed E-state index contributed by atoms with van der Waals surface area (Å²) in [6.45, 7) is 1.87. The SMILES string of the molecule is C[C@@H](NC(=O)c1nn(C)c(=O)c2ccccc12)c1cccc(Cl)c1. The average molecular weight is 342 g/mol. The topological polar surface area (TPSA) is 64.0 Å². The molecule has 0 saturated heterocycles. The molecule has 6 heteroatoms. The van der Waals surface area contributed by atoms with E-state index in [1.165, 1.54) is 11.7 Å². The summed E-state index contributed by atoms with van der Waals surface area (Å²) >= 11 is 6.00. The van der Waals surface area contributed by atoms with Crippen molar-refractivity contribution in [2.24, 2.45) is 7.05 Å². The molecule has 0 fully saturated rings. The molecular formula is C18H16ClN3O2. The third kappa shape index (κ3) is 3.03. The van der Waals surface area contributed by atoms with E-state index in [1.807, 2.05) is 19.1 Å². The quantitative estimate of drug-likeness (QED) is 0.796. The van der Waals surface area contributed by atoms with E-state index in [0.717, 1.165) is 5.56 Å². The molecule has 2 aromatic carbocycles. The summed E-state index contributed by atoms with van der Waals surface area (Å²) in [5.41, 5.74) is 0.886. The summed E-state index contributed by atoms with van der Waals surface area (Å²) in [6, 6.07) is 14.0. The molecule has 3 rings (SSSR count). The predicted octanol–water partition coefficient (Wildman–Crippen LogP) is 3.08. The Labute approximate surface area is 143 Å². The Balaban J connectivity index is 1.97. The number of carbonyl (C=O) groups is 1. The maximum Gasteiger partial charge on any atom is 0.274 e. The minimum Gasteiger partial charge on any atom is -0.344 e. The third-order valence-electron chi connectivity index (χ3n) is 3.87. The van der Waals surface area contributed by atoms with Gasteiger partial charge in [0, 0.05) is 17.5 Å². The summed E-state index contributed by atoms with van der Waals surface area (Å²) in [4.78, 5) is 24.8. The van der Waals surface area contributed by atoms with E-state index in [2.05, 4.69) is 10.4 Å². The number of fused-ring (bicyclic) bond motifs is 1. The molecule has 1 amide bonds. The Morgan fingerprint density at radius 1 is 1.17 bits per heavy atom. The maximum absolute atomic E-state index is 12.7. The van der Waals surface area contributed by atoms with Gasteiger partial charge in [0.1, 0.15) is 0 Å². The Kier molecular flexibility index (Phi) is 4.36. The minimum absolute atomic E-state index is 0.224. The number of benzene rings is 2. The summed E-state index contributed by atoms with van der Waals surface area (Å²) in [5.74, 6) is -0.339. The van der Waals surface area contributed by atoms with E-state index in [-0.39, 0.29) is 23.2 Å². The van der Waals surface area contributed by atoms with Crippen molar-refractivity contribution in [1.82, 2.24) is 15.1 Å². The number of nitrogens with zero attached hydrogens (tertiary/aromatic N) is 2. The number of amides is 1. The maximum atomic E-state index is 12.7. The van der Waals surface area contributed by atoms with E-state index in [4.69, 9.17) is 11.6 Å². The van der Waals surface area contributed by atoms with Crippen LogP contribution in [0.4, 0.5) is 0 Å². The summed E-state index contributed by atoms with van der Waals surface area (Å²) in [5, 5.41) is 8.65. The number of nitrogens with one attached hydrogen (secondary N) is 1. The first-order valence-corrected chi connectivity index (χ1v) is 7.87. The lowest BCUT2D eigenvalue weighted by Gasteiger charge is -2.15. The number of rotatable bonds is 3. The number of hydrogen-bond donors (Lipinski definition) is 1. The second-order valence-electron chi connectivity index (χ2n) is 5.57. The van der Waals surface area contributed by atoms with Crippen LogP contribution in [0.3, 0.4) is 0 Å². The van der Waals surface area contributed by atoms with E-state index in [9.17, 15) is 9.59 Å². The molecule has 0 unspecified atom stereocenters. The summed E-state index contributed by atoms with van der Waals surface area (Å²) < 4.78 is 1.18. The van der Waals surface area contributed by atoms with Crippen LogP contribution >= 0.6 is 11.6 Å². The first-order chi connectivity index (χ1) is 11.5. The molecule has 0 bridgehead atoms. The lowest BCUT2D eigenvalue weighted by Crippen LogP contribution is -2.31. The monoisotopic (exact) mass is 341 g/mol. The van der Waals surface area contributed by atoms with Gasteiger partial charge in [0.05, 0.1) is 11.4 Å². The van der Waals surface area contributed by atoms with Gasteiger partial charge in [-0.25, -0.2) is 4.68 Å². The highest BCUT2D eigenvalue weighted by Crippen LogP contribution is 2.19. The molecule has 0 aliphatic carbocycles. The van der Waals surface area contributed by atoms with Gasteiger partial charge in [-0.1, -0.05) is 41.9 Å². The van der Waals surface area contributed by atoms with Crippen LogP contribution in [0.25, 0.3) is 10.8 Å². The Bertz CT molecular complexity index is 981. The highest BCUT2D eigenvalue weighted by molar-refractivity contribution is 6.30. The fourth-order valence-corrected chi connectivity index (χ4v) is 2.79. The predicted molar refractivity (Wildman–Crippen MR) is 94.3 cm³/mol. The highest BCUT2D eigenvalue weighted by Gasteiger charge is 2.18. The van der Waals surface area contributed by atoms with Crippen LogP contribution in [0.1, 0.15) is 29.0 Å². The average Bonchev–Trinajstić information content (AvgIpc) is 2.58. The lowest BCUT2D eigenvalue weighted by atomic mass is 10.1. The second-order valence-corrected chi connectivity index (χ2v) is 6.01. The molecule has 3 aromatic rings. The van der Waals surface area contributed by atoms with Crippen molar-refractivity contribution in [3.63, 3.8) is 0 Å². The fraction of sp³-hybridized carbons (Fsp3) is 0.167. The van der Waals surface area contributed by atoms with Crippen LogP contribution < -0.4 is 10.9 Å². The van der Waals surface area contributed by atoms with Crippen molar-refractivity contribution in [3.05, 3.63) is 75.2 Å². The van der Waals surface area contributed by atoms with E-state index >= 15 is 0 Å². The van der Waals surface area contributed by atoms with Crippen molar-refractivity contribution in [2.75, 3.05) is 0 Å². The van der Waals surface area contributed by atoms with Crippen LogP contribution in [0, 0.1) is 0 Å². The van der Waals surface area contributed by atoms with Crippen molar-refractivity contribution in [1.29, 1.82) is 0 Å². The second kappa shape index (κ2) is 6.45. The standard InChI is InChI=1S/C18H16ClN3O2/c1-11(12-6-5-7-13(19)10-12)20-17(23)16-14-8-3-4-9-15(14)18(24)22(2)21-16/h3-11H,1-2H3,(H,20,23)/t11-/m1/s1. The summed E-state index contributed by atoms with van der Waals surface area (Å²) in [6.07, 6.45) is 0. The van der Waals surface area contributed by atoms with Crippen molar-refractivity contribution in [3.8, 4) is 0 Å². The van der Waals surface area contributed by atoms with Gasteiger partial charge in [-0.15, -0.1) is 0 Å². The fourth-order valence-electron chi connectivity index (χ4n) is 2.59. The van der Waals surface area contributed by atoms with Crippen LogP contribution in [0.2, 0.25) is 5.02 Å². The number of halogens is 1. The lowest BCUT2D eigenvalue weighted by molar-refractivity contribution is 0.0934. The minimum atomic E-state index is -0.339. The van der Waals surface area contributed by atoms with E-state index in [0.29, 0.717) is 15.8 Å². The van der Waals surface area contributed by atoms with Gasteiger partial charge in [0.15, 0.2) is 5.69 Å². The van der Waals surface area contributed by atoms with Gasteiger partial charge >= 0.3 is 0 Å². The molecule has 0 spiro atoms. The van der Waals surface area contributed by atoms with Crippen LogP contribution in [0.15, 0.2) is 53.3 Å². The Morgan fingerprint density at radius 2 is 1.88 bits per heavy atom. The molecule has 0 aliphatic heterocycles. The number of aromatic nitrogens is 2. The smallest absolute Gasteiger partial charge is 0.274 e. The normalized spacial score (nSPS) is 12.1. The zero-order valence-corrected chi connectivity index (χ0v) is 14.0. The van der Waals surface area contributed by atoms with Crippen LogP contribution in [-0.2, 0) is 7.05 Å². The van der Waals surface area contributed by atoms with E-state index in [1.54, 1.807) is 36.4 Å². The van der Waals surface area contributed by atoms with Gasteiger partial charge in [-0.3, -0.25) is 9.59 Å². The van der Waals surface area contributed by atoms with Gasteiger partial charge in [-0.05, 0) is 30.7 Å². The number of carbonyl (C=O) groups excluding carboxylic acids is 1. The molecule has 0 aliphatic rings. The van der Waals surface area contributed by atoms with Crippen molar-refractivity contribution in [2.45, 2.75) is 13.0 Å². The molecule has 1 atom stereocenters. The molecule has 1 heterocycles. The molecule has 24 heavy (non-hydrogen) atoms. The molecule has 0 radical (unpaired) electrons. The van der Waals surface area contributed by atoms with Crippen molar-refractivity contribution < 1.29 is 4.79 Å². The first-order valence-electron chi connectivity index (χ1n) is 7.50. The number of aryl methyl sites for hydroxylation is 1. The Hall–Kier alpha value is -2.66. The molecular weight excluding hydrogens is 326 g/mol. The highest BCUT2D eigenvalue weighted by atomic mass is 35.5. The van der Waals surface area contributed by atoms with Gasteiger partial charge in [0.25, 0.3) is 11.5 Å². The van der Waals surface area contributed by atoms with Crippen LogP contribution in [-0.4, -0.2) is 15.7 Å².